The molecule has 0 aliphatic heterocycles. The van der Waals surface area contributed by atoms with E-state index in [9.17, 15) is 31.7 Å². The molecule has 1 aliphatic carbocycles. The number of carbonyl (C=O) groups excluding carboxylic acids is 1. The Balaban J connectivity index is 1.92. The average molecular weight is 665 g/mol. The first-order valence-electron chi connectivity index (χ1n) is 15.4. The topological polar surface area (TPSA) is 105 Å². The van der Waals surface area contributed by atoms with Crippen LogP contribution in [0.15, 0.2) is 18.2 Å². The monoisotopic (exact) mass is 664 g/mol. The number of ether oxygens (including phenoxy) is 1. The molecule has 44 heavy (non-hydrogen) atoms. The Morgan fingerprint density at radius 2 is 1.95 bits per heavy atom. The lowest BCUT2D eigenvalue weighted by Crippen LogP contribution is -2.30. The SMILES string of the molecule is CC[S@@](=O)NC(C[C@H]1CCC(F)(F)C1)c1nc2ccc([C@@H](O)NC(=O)CC(CCF)CCF)cc2n1COCC[Si](C)(C)C. The number of rotatable bonds is 19. The van der Waals surface area contributed by atoms with Crippen molar-refractivity contribution in [2.75, 3.05) is 25.7 Å². The molecule has 1 saturated carbocycles. The molecule has 2 aromatic rings. The van der Waals surface area contributed by atoms with Gasteiger partial charge in [-0.15, -0.1) is 0 Å². The quantitative estimate of drug-likeness (QED) is 0.0706. The number of fused-ring (bicyclic) bond motifs is 1. The summed E-state index contributed by atoms with van der Waals surface area (Å²) >= 11 is 0. The molecule has 1 amide bonds. The summed E-state index contributed by atoms with van der Waals surface area (Å²) in [5, 5.41) is 13.4. The van der Waals surface area contributed by atoms with Crippen LogP contribution in [0.5, 0.6) is 0 Å². The van der Waals surface area contributed by atoms with Crippen molar-refractivity contribution >= 4 is 36.0 Å². The van der Waals surface area contributed by atoms with Crippen LogP contribution in [-0.2, 0) is 27.2 Å². The largest absolute Gasteiger partial charge is 0.369 e. The fraction of sp³-hybridized carbons (Fsp3) is 0.733. The third-order valence-corrected chi connectivity index (χ3v) is 10.8. The molecule has 8 nitrogen and oxygen atoms in total. The minimum absolute atomic E-state index is 0.0651. The van der Waals surface area contributed by atoms with Gasteiger partial charge < -0.3 is 19.7 Å². The van der Waals surface area contributed by atoms with Gasteiger partial charge in [0.15, 0.2) is 6.23 Å². The summed E-state index contributed by atoms with van der Waals surface area (Å²) in [5.41, 5.74) is 1.52. The van der Waals surface area contributed by atoms with Crippen LogP contribution < -0.4 is 10.0 Å². The Hall–Kier alpha value is -1.87. The molecule has 14 heteroatoms. The third-order valence-electron chi connectivity index (χ3n) is 8.06. The van der Waals surface area contributed by atoms with Gasteiger partial charge in [-0.05, 0) is 55.7 Å². The van der Waals surface area contributed by atoms with E-state index < -0.39 is 62.4 Å². The van der Waals surface area contributed by atoms with Gasteiger partial charge in [-0.25, -0.2) is 22.7 Å². The number of imidazole rings is 1. The first kappa shape index (κ1) is 36.6. The minimum Gasteiger partial charge on any atom is -0.369 e. The van der Waals surface area contributed by atoms with E-state index in [1.165, 1.54) is 0 Å². The molecule has 3 N–H and O–H groups in total. The molecule has 250 valence electrons. The lowest BCUT2D eigenvalue weighted by molar-refractivity contribution is -0.125. The van der Waals surface area contributed by atoms with Gasteiger partial charge in [0, 0.05) is 45.3 Å². The number of alkyl halides is 4. The molecular formula is C30H48F4N4O4SSi. The second-order valence-electron chi connectivity index (χ2n) is 13.0. The zero-order chi connectivity index (χ0) is 32.5. The lowest BCUT2D eigenvalue weighted by Gasteiger charge is -2.23. The van der Waals surface area contributed by atoms with E-state index >= 15 is 0 Å². The van der Waals surface area contributed by atoms with Crippen LogP contribution in [0.2, 0.25) is 25.7 Å². The predicted octanol–water partition coefficient (Wildman–Crippen LogP) is 6.32. The molecule has 1 aromatic heterocycles. The van der Waals surface area contributed by atoms with Gasteiger partial charge in [-0.2, -0.15) is 0 Å². The highest BCUT2D eigenvalue weighted by Crippen LogP contribution is 2.43. The number of aliphatic hydroxyl groups excluding tert-OH is 1. The van der Waals surface area contributed by atoms with Crippen molar-refractivity contribution in [1.29, 1.82) is 0 Å². The van der Waals surface area contributed by atoms with Gasteiger partial charge in [0.1, 0.15) is 12.6 Å². The van der Waals surface area contributed by atoms with Gasteiger partial charge >= 0.3 is 0 Å². The van der Waals surface area contributed by atoms with E-state index in [1.807, 2.05) is 4.57 Å². The maximum absolute atomic E-state index is 14.1. The number of amides is 1. The van der Waals surface area contributed by atoms with Crippen molar-refractivity contribution in [3.05, 3.63) is 29.6 Å². The van der Waals surface area contributed by atoms with Crippen LogP contribution in [0, 0.1) is 11.8 Å². The van der Waals surface area contributed by atoms with Crippen molar-refractivity contribution in [3.8, 4) is 0 Å². The zero-order valence-electron chi connectivity index (χ0n) is 26.2. The number of carbonyl (C=O) groups is 1. The Bertz CT molecular complexity index is 1240. The molecule has 1 heterocycles. The smallest absolute Gasteiger partial charge is 0.248 e. The van der Waals surface area contributed by atoms with Crippen LogP contribution in [-0.4, -0.2) is 64.5 Å². The predicted molar refractivity (Wildman–Crippen MR) is 168 cm³/mol. The Morgan fingerprint density at radius 3 is 2.55 bits per heavy atom. The Labute approximate surface area is 261 Å². The van der Waals surface area contributed by atoms with Crippen molar-refractivity contribution in [1.82, 2.24) is 19.6 Å². The summed E-state index contributed by atoms with van der Waals surface area (Å²) in [6, 6.07) is 5.32. The maximum Gasteiger partial charge on any atom is 0.248 e. The minimum atomic E-state index is -2.72. The normalized spacial score (nSPS) is 19.0. The second kappa shape index (κ2) is 16.6. The summed E-state index contributed by atoms with van der Waals surface area (Å²) in [6.07, 6.45) is -1.08. The van der Waals surface area contributed by atoms with Gasteiger partial charge in [-0.1, -0.05) is 32.6 Å². The summed E-state index contributed by atoms with van der Waals surface area (Å²) in [4.78, 5) is 17.4. The van der Waals surface area contributed by atoms with Gasteiger partial charge in [0.05, 0.1) is 41.4 Å². The molecular weight excluding hydrogens is 616 g/mol. The number of aliphatic hydroxyl groups is 1. The summed E-state index contributed by atoms with van der Waals surface area (Å²) in [7, 11) is -2.80. The number of aromatic nitrogens is 2. The van der Waals surface area contributed by atoms with Crippen molar-refractivity contribution in [2.45, 2.75) is 102 Å². The molecule has 1 aliphatic rings. The Morgan fingerprint density at radius 1 is 1.25 bits per heavy atom. The summed E-state index contributed by atoms with van der Waals surface area (Å²) in [5.74, 6) is -3.14. The zero-order valence-corrected chi connectivity index (χ0v) is 28.0. The molecule has 0 radical (unpaired) electrons. The van der Waals surface area contributed by atoms with E-state index in [0.29, 0.717) is 47.6 Å². The van der Waals surface area contributed by atoms with Gasteiger partial charge in [-0.3, -0.25) is 13.6 Å². The third kappa shape index (κ3) is 11.2. The van der Waals surface area contributed by atoms with E-state index in [-0.39, 0.29) is 44.8 Å². The summed E-state index contributed by atoms with van der Waals surface area (Å²) in [6.45, 7) is 7.80. The fourth-order valence-corrected chi connectivity index (χ4v) is 6.95. The standard InChI is InChI=1S/C30H48F4N4O4SSi/c1-5-43(41)37-25(16-22-8-11-30(33,34)19-22)28-35-24-7-6-23(18-26(24)38(28)20-42-14-15-44(2,3)4)29(40)36-27(39)17-21(9-12-31)10-13-32/h6-7,18,21-22,25,29,37,40H,5,8-17,19-20H2,1-4H3,(H,36,39)/t22-,25?,29-,43-/m1/s1. The van der Waals surface area contributed by atoms with E-state index in [0.717, 1.165) is 6.04 Å². The van der Waals surface area contributed by atoms with Crippen molar-refractivity contribution in [2.24, 2.45) is 11.8 Å². The van der Waals surface area contributed by atoms with Crippen molar-refractivity contribution in [3.63, 3.8) is 0 Å². The number of hydrogen-bond acceptors (Lipinski definition) is 5. The van der Waals surface area contributed by atoms with E-state index in [2.05, 4.69) is 29.7 Å². The van der Waals surface area contributed by atoms with Crippen LogP contribution in [0.25, 0.3) is 11.0 Å². The molecule has 0 saturated heterocycles. The fourth-order valence-electron chi connectivity index (χ4n) is 5.50. The number of nitrogens with zero attached hydrogens (tertiary/aromatic N) is 2. The lowest BCUT2D eigenvalue weighted by atomic mass is 9.98. The molecule has 1 unspecified atom stereocenters. The van der Waals surface area contributed by atoms with E-state index in [1.54, 1.807) is 25.1 Å². The first-order valence-corrected chi connectivity index (χ1v) is 20.5. The van der Waals surface area contributed by atoms with Crippen LogP contribution >= 0.6 is 0 Å². The highest BCUT2D eigenvalue weighted by Gasteiger charge is 2.41. The highest BCUT2D eigenvalue weighted by atomic mass is 32.2. The average Bonchev–Trinajstić information content (AvgIpc) is 3.48. The van der Waals surface area contributed by atoms with E-state index in [4.69, 9.17) is 9.72 Å². The van der Waals surface area contributed by atoms with Crippen LogP contribution in [0.4, 0.5) is 17.6 Å². The molecule has 3 rings (SSSR count). The maximum atomic E-state index is 14.1. The number of hydrogen-bond donors (Lipinski definition) is 3. The van der Waals surface area contributed by atoms with Gasteiger partial charge in [0.25, 0.3) is 0 Å². The second-order valence-corrected chi connectivity index (χ2v) is 20.1. The first-order chi connectivity index (χ1) is 20.7. The number of benzene rings is 1. The van der Waals surface area contributed by atoms with Crippen molar-refractivity contribution < 1.29 is 36.4 Å². The highest BCUT2D eigenvalue weighted by molar-refractivity contribution is 7.82. The van der Waals surface area contributed by atoms with Crippen LogP contribution in [0.3, 0.4) is 0 Å². The number of nitrogens with one attached hydrogen (secondary N) is 2. The molecule has 1 fully saturated rings. The molecule has 0 spiro atoms. The molecule has 4 atom stereocenters. The molecule has 1 aromatic carbocycles. The van der Waals surface area contributed by atoms with Gasteiger partial charge in [0.2, 0.25) is 11.8 Å². The molecule has 0 bridgehead atoms. The Kier molecular flexibility index (Phi) is 13.8. The summed E-state index contributed by atoms with van der Waals surface area (Å²) < 4.78 is 77.5. The number of halogens is 4. The van der Waals surface area contributed by atoms with Crippen LogP contribution in [0.1, 0.15) is 75.5 Å².